The van der Waals surface area contributed by atoms with Crippen molar-refractivity contribution in [2.24, 2.45) is 0 Å². The van der Waals surface area contributed by atoms with Gasteiger partial charge in [-0.3, -0.25) is 9.18 Å². The van der Waals surface area contributed by atoms with Crippen LogP contribution in [-0.2, 0) is 0 Å². The van der Waals surface area contributed by atoms with Crippen molar-refractivity contribution in [1.29, 1.82) is 0 Å². The maximum Gasteiger partial charge on any atom is 0.153 e. The summed E-state index contributed by atoms with van der Waals surface area (Å²) in [6, 6.07) is 5.34. The monoisotopic (exact) mass is 196 g/mol. The summed E-state index contributed by atoms with van der Waals surface area (Å²) in [5.74, 6) is 0.527. The molecule has 0 aliphatic heterocycles. The molecule has 0 radical (unpaired) electrons. The Morgan fingerprint density at radius 2 is 2.29 bits per heavy atom. The Morgan fingerprint density at radius 3 is 2.93 bits per heavy atom. The number of hydrogen-bond donors (Lipinski definition) is 0. The van der Waals surface area contributed by atoms with Gasteiger partial charge in [-0.05, 0) is 19.1 Å². The molecule has 0 N–H and O–H groups in total. The van der Waals surface area contributed by atoms with Gasteiger partial charge in [0.1, 0.15) is 5.75 Å². The second kappa shape index (κ2) is 5.37. The van der Waals surface area contributed by atoms with Crippen LogP contribution in [-0.4, -0.2) is 19.6 Å². The lowest BCUT2D eigenvalue weighted by Gasteiger charge is -2.07. The highest BCUT2D eigenvalue weighted by molar-refractivity contribution is 5.79. The zero-order chi connectivity index (χ0) is 10.4. The highest BCUT2D eigenvalue weighted by atomic mass is 19.1. The van der Waals surface area contributed by atoms with E-state index in [0.717, 1.165) is 11.8 Å². The van der Waals surface area contributed by atoms with Crippen LogP contribution < -0.4 is 4.74 Å². The molecule has 0 bridgehead atoms. The Labute approximate surface area is 82.7 Å². The number of halogens is 1. The molecule has 0 aromatic heterocycles. The first kappa shape index (κ1) is 10.7. The summed E-state index contributed by atoms with van der Waals surface area (Å²) in [6.07, 6.45) is 1.10. The normalized spacial score (nSPS) is 9.86. The Kier molecular flexibility index (Phi) is 4.11. The molecule has 0 amide bonds. The summed E-state index contributed by atoms with van der Waals surface area (Å²) >= 11 is 0. The number of alkyl halides is 1. The first-order chi connectivity index (χ1) is 6.77. The van der Waals surface area contributed by atoms with Gasteiger partial charge in [0, 0.05) is 6.42 Å². The third kappa shape index (κ3) is 2.83. The summed E-state index contributed by atoms with van der Waals surface area (Å²) < 4.78 is 17.0. The van der Waals surface area contributed by atoms with Gasteiger partial charge in [0.15, 0.2) is 6.29 Å². The van der Waals surface area contributed by atoms with E-state index in [9.17, 15) is 9.18 Å². The van der Waals surface area contributed by atoms with E-state index in [0.29, 0.717) is 24.3 Å². The van der Waals surface area contributed by atoms with Crippen molar-refractivity contribution in [3.8, 4) is 5.75 Å². The molecule has 1 aromatic carbocycles. The maximum atomic E-state index is 11.8. The van der Waals surface area contributed by atoms with E-state index in [1.54, 1.807) is 12.1 Å². The first-order valence-corrected chi connectivity index (χ1v) is 4.52. The van der Waals surface area contributed by atoms with Gasteiger partial charge in [-0.15, -0.1) is 0 Å². The van der Waals surface area contributed by atoms with Crippen molar-refractivity contribution < 1.29 is 13.9 Å². The lowest BCUT2D eigenvalue weighted by Crippen LogP contribution is -2.00. The molecular formula is C11H13FO2. The second-order valence-corrected chi connectivity index (χ2v) is 3.05. The average molecular weight is 196 g/mol. The van der Waals surface area contributed by atoms with Gasteiger partial charge in [-0.25, -0.2) is 0 Å². The molecule has 0 atom stereocenters. The van der Waals surface area contributed by atoms with Crippen LogP contribution in [0.4, 0.5) is 4.39 Å². The largest absolute Gasteiger partial charge is 0.493 e. The minimum atomic E-state index is -0.401. The smallest absolute Gasteiger partial charge is 0.153 e. The quantitative estimate of drug-likeness (QED) is 0.534. The number of aryl methyl sites for hydroxylation is 1. The van der Waals surface area contributed by atoms with E-state index in [4.69, 9.17) is 4.74 Å². The molecule has 0 fully saturated rings. The van der Waals surface area contributed by atoms with Crippen molar-refractivity contribution in [3.63, 3.8) is 0 Å². The fourth-order valence-corrected chi connectivity index (χ4v) is 1.13. The minimum absolute atomic E-state index is 0.306. The van der Waals surface area contributed by atoms with E-state index in [2.05, 4.69) is 0 Å². The Hall–Kier alpha value is -1.38. The number of carbonyl (C=O) groups excluding carboxylic acids is 1. The lowest BCUT2D eigenvalue weighted by molar-refractivity contribution is 0.111. The van der Waals surface area contributed by atoms with Gasteiger partial charge in [0.05, 0.1) is 18.8 Å². The lowest BCUT2D eigenvalue weighted by atomic mass is 10.1. The Bertz CT molecular complexity index is 310. The summed E-state index contributed by atoms with van der Waals surface area (Å²) in [7, 11) is 0. The van der Waals surface area contributed by atoms with Crippen LogP contribution in [0.1, 0.15) is 22.3 Å². The van der Waals surface area contributed by atoms with E-state index in [-0.39, 0.29) is 0 Å². The molecule has 1 rings (SSSR count). The van der Waals surface area contributed by atoms with Gasteiger partial charge in [0.25, 0.3) is 0 Å². The first-order valence-electron chi connectivity index (χ1n) is 4.52. The highest BCUT2D eigenvalue weighted by Gasteiger charge is 2.02. The van der Waals surface area contributed by atoms with Crippen molar-refractivity contribution in [2.45, 2.75) is 13.3 Å². The van der Waals surface area contributed by atoms with Gasteiger partial charge in [0.2, 0.25) is 0 Å². The van der Waals surface area contributed by atoms with Gasteiger partial charge >= 0.3 is 0 Å². The van der Waals surface area contributed by atoms with E-state index >= 15 is 0 Å². The molecule has 76 valence electrons. The molecular weight excluding hydrogens is 183 g/mol. The fourth-order valence-electron chi connectivity index (χ4n) is 1.13. The topological polar surface area (TPSA) is 26.3 Å². The zero-order valence-electron chi connectivity index (χ0n) is 8.13. The zero-order valence-corrected chi connectivity index (χ0v) is 8.13. The standard InChI is InChI=1S/C11H13FO2/c1-9-3-4-11(10(7-9)8-13)14-6-2-5-12/h3-4,7-8H,2,5-6H2,1H3. The Morgan fingerprint density at radius 1 is 1.50 bits per heavy atom. The fraction of sp³-hybridized carbons (Fsp3) is 0.364. The van der Waals surface area contributed by atoms with Crippen LogP contribution in [0, 0.1) is 6.92 Å². The third-order valence-corrected chi connectivity index (χ3v) is 1.83. The molecule has 1 aromatic rings. The summed E-state index contributed by atoms with van der Waals surface area (Å²) in [5.41, 5.74) is 1.52. The molecule has 0 heterocycles. The summed E-state index contributed by atoms with van der Waals surface area (Å²) in [4.78, 5) is 10.7. The summed E-state index contributed by atoms with van der Waals surface area (Å²) in [5, 5.41) is 0. The molecule has 0 aliphatic carbocycles. The van der Waals surface area contributed by atoms with Crippen molar-refractivity contribution in [1.82, 2.24) is 0 Å². The van der Waals surface area contributed by atoms with Gasteiger partial charge in [-0.2, -0.15) is 0 Å². The van der Waals surface area contributed by atoms with Crippen molar-refractivity contribution >= 4 is 6.29 Å². The predicted molar refractivity (Wildman–Crippen MR) is 52.7 cm³/mol. The van der Waals surface area contributed by atoms with E-state index < -0.39 is 6.67 Å². The van der Waals surface area contributed by atoms with Gasteiger partial charge in [-0.1, -0.05) is 11.6 Å². The van der Waals surface area contributed by atoms with Gasteiger partial charge < -0.3 is 4.74 Å². The molecule has 0 unspecified atom stereocenters. The molecule has 0 saturated carbocycles. The average Bonchev–Trinajstić information content (AvgIpc) is 2.20. The molecule has 14 heavy (non-hydrogen) atoms. The predicted octanol–water partition coefficient (Wildman–Crippen LogP) is 2.55. The van der Waals surface area contributed by atoms with Crippen LogP contribution in [0.25, 0.3) is 0 Å². The SMILES string of the molecule is Cc1ccc(OCCCF)c(C=O)c1. The van der Waals surface area contributed by atoms with Crippen LogP contribution >= 0.6 is 0 Å². The van der Waals surface area contributed by atoms with Crippen molar-refractivity contribution in [2.75, 3.05) is 13.3 Å². The highest BCUT2D eigenvalue weighted by Crippen LogP contribution is 2.18. The van der Waals surface area contributed by atoms with Crippen molar-refractivity contribution in [3.05, 3.63) is 29.3 Å². The number of hydrogen-bond acceptors (Lipinski definition) is 2. The summed E-state index contributed by atoms with van der Waals surface area (Å²) in [6.45, 7) is 1.81. The van der Waals surface area contributed by atoms with Crippen LogP contribution in [0.15, 0.2) is 18.2 Å². The molecule has 0 spiro atoms. The Balaban J connectivity index is 2.70. The van der Waals surface area contributed by atoms with E-state index in [1.807, 2.05) is 13.0 Å². The molecule has 0 saturated heterocycles. The number of aldehydes is 1. The number of benzene rings is 1. The van der Waals surface area contributed by atoms with Crippen LogP contribution in [0.2, 0.25) is 0 Å². The van der Waals surface area contributed by atoms with E-state index in [1.165, 1.54) is 0 Å². The molecule has 2 nitrogen and oxygen atoms in total. The number of carbonyl (C=O) groups is 1. The third-order valence-electron chi connectivity index (χ3n) is 1.83. The number of rotatable bonds is 5. The second-order valence-electron chi connectivity index (χ2n) is 3.05. The van der Waals surface area contributed by atoms with Crippen LogP contribution in [0.3, 0.4) is 0 Å². The molecule has 0 aliphatic rings. The minimum Gasteiger partial charge on any atom is -0.493 e. The molecule has 3 heteroatoms. The number of ether oxygens (including phenoxy) is 1. The van der Waals surface area contributed by atoms with Crippen LogP contribution in [0.5, 0.6) is 5.75 Å². The maximum absolute atomic E-state index is 11.8.